The molecule has 1 aliphatic heterocycles. The monoisotopic (exact) mass is 199 g/mol. The van der Waals surface area contributed by atoms with Crippen molar-refractivity contribution in [3.05, 3.63) is 0 Å². The highest BCUT2D eigenvalue weighted by molar-refractivity contribution is 4.81. The lowest BCUT2D eigenvalue weighted by Gasteiger charge is -2.40. The summed E-state index contributed by atoms with van der Waals surface area (Å²) >= 11 is 0. The second-order valence-electron chi connectivity index (χ2n) is 4.68. The van der Waals surface area contributed by atoms with Crippen LogP contribution in [-0.2, 0) is 0 Å². The molecule has 0 spiro atoms. The van der Waals surface area contributed by atoms with Crippen molar-refractivity contribution in [1.82, 2.24) is 9.80 Å². The molecule has 3 nitrogen and oxygen atoms in total. The zero-order chi connectivity index (χ0) is 10.6. The molecular formula is C11H25N3. The fourth-order valence-corrected chi connectivity index (χ4v) is 2.42. The summed E-state index contributed by atoms with van der Waals surface area (Å²) in [5.41, 5.74) is 5.65. The van der Waals surface area contributed by atoms with Gasteiger partial charge in [0, 0.05) is 31.7 Å². The summed E-state index contributed by atoms with van der Waals surface area (Å²) in [5, 5.41) is 0. The fourth-order valence-electron chi connectivity index (χ4n) is 2.42. The summed E-state index contributed by atoms with van der Waals surface area (Å²) in [6, 6.07) is 1.34. The molecule has 0 aromatic carbocycles. The van der Waals surface area contributed by atoms with Gasteiger partial charge < -0.3 is 10.6 Å². The lowest BCUT2D eigenvalue weighted by Crippen LogP contribution is -2.50. The van der Waals surface area contributed by atoms with Crippen molar-refractivity contribution in [2.45, 2.75) is 38.8 Å². The Morgan fingerprint density at radius 2 is 2.21 bits per heavy atom. The third-order valence-corrected chi connectivity index (χ3v) is 3.12. The fraction of sp³-hybridized carbons (Fsp3) is 1.00. The summed E-state index contributed by atoms with van der Waals surface area (Å²) in [5.74, 6) is 0. The summed E-state index contributed by atoms with van der Waals surface area (Å²) in [6.07, 6.45) is 2.66. The highest BCUT2D eigenvalue weighted by Crippen LogP contribution is 2.16. The minimum absolute atomic E-state index is 0.620. The first kappa shape index (κ1) is 12.0. The molecule has 14 heavy (non-hydrogen) atoms. The smallest absolute Gasteiger partial charge is 0.0226 e. The zero-order valence-electron chi connectivity index (χ0n) is 9.87. The molecule has 0 radical (unpaired) electrons. The maximum Gasteiger partial charge on any atom is 0.0226 e. The summed E-state index contributed by atoms with van der Waals surface area (Å²) in [7, 11) is 2.22. The molecule has 1 atom stereocenters. The molecule has 2 N–H and O–H groups in total. The SMILES string of the molecule is CC(C)N(CCN)[C@@H]1CCCN(C)C1. The van der Waals surface area contributed by atoms with Crippen LogP contribution in [0, 0.1) is 0 Å². The number of nitrogens with zero attached hydrogens (tertiary/aromatic N) is 2. The molecule has 1 heterocycles. The van der Waals surface area contributed by atoms with Gasteiger partial charge in [0.1, 0.15) is 0 Å². The molecule has 0 aromatic heterocycles. The minimum Gasteiger partial charge on any atom is -0.329 e. The molecule has 1 rings (SSSR count). The van der Waals surface area contributed by atoms with Crippen LogP contribution in [0.4, 0.5) is 0 Å². The van der Waals surface area contributed by atoms with Crippen molar-refractivity contribution in [3.63, 3.8) is 0 Å². The summed E-state index contributed by atoms with van der Waals surface area (Å²) < 4.78 is 0. The molecule has 0 unspecified atom stereocenters. The highest BCUT2D eigenvalue weighted by Gasteiger charge is 2.24. The maximum absolute atomic E-state index is 5.65. The lowest BCUT2D eigenvalue weighted by molar-refractivity contribution is 0.0892. The maximum atomic E-state index is 5.65. The highest BCUT2D eigenvalue weighted by atomic mass is 15.2. The van der Waals surface area contributed by atoms with Crippen LogP contribution in [0.15, 0.2) is 0 Å². The average molecular weight is 199 g/mol. The van der Waals surface area contributed by atoms with Gasteiger partial charge >= 0.3 is 0 Å². The zero-order valence-corrected chi connectivity index (χ0v) is 9.87. The van der Waals surface area contributed by atoms with Crippen molar-refractivity contribution >= 4 is 0 Å². The van der Waals surface area contributed by atoms with E-state index in [1.807, 2.05) is 0 Å². The van der Waals surface area contributed by atoms with Gasteiger partial charge in [0.05, 0.1) is 0 Å². The van der Waals surface area contributed by atoms with Crippen molar-refractivity contribution in [1.29, 1.82) is 0 Å². The van der Waals surface area contributed by atoms with Crippen LogP contribution in [0.5, 0.6) is 0 Å². The topological polar surface area (TPSA) is 32.5 Å². The number of hydrogen-bond acceptors (Lipinski definition) is 3. The van der Waals surface area contributed by atoms with E-state index in [2.05, 4.69) is 30.7 Å². The average Bonchev–Trinajstić information content (AvgIpc) is 2.13. The van der Waals surface area contributed by atoms with E-state index in [9.17, 15) is 0 Å². The van der Waals surface area contributed by atoms with Gasteiger partial charge in [0.15, 0.2) is 0 Å². The quantitative estimate of drug-likeness (QED) is 0.725. The molecular weight excluding hydrogens is 174 g/mol. The second kappa shape index (κ2) is 5.69. The van der Waals surface area contributed by atoms with E-state index in [-0.39, 0.29) is 0 Å². The van der Waals surface area contributed by atoms with E-state index in [1.54, 1.807) is 0 Å². The molecule has 0 aromatic rings. The van der Waals surface area contributed by atoms with E-state index in [0.29, 0.717) is 6.04 Å². The van der Waals surface area contributed by atoms with Gasteiger partial charge in [0.25, 0.3) is 0 Å². The Morgan fingerprint density at radius 1 is 1.50 bits per heavy atom. The summed E-state index contributed by atoms with van der Waals surface area (Å²) in [4.78, 5) is 4.98. The first-order valence-corrected chi connectivity index (χ1v) is 5.79. The number of piperidine rings is 1. The van der Waals surface area contributed by atoms with E-state index in [4.69, 9.17) is 5.73 Å². The second-order valence-corrected chi connectivity index (χ2v) is 4.68. The first-order chi connectivity index (χ1) is 6.65. The molecule has 1 saturated heterocycles. The van der Waals surface area contributed by atoms with E-state index >= 15 is 0 Å². The number of likely N-dealkylation sites (N-methyl/N-ethyl adjacent to an activating group) is 1. The van der Waals surface area contributed by atoms with E-state index in [0.717, 1.165) is 19.1 Å². The Hall–Kier alpha value is -0.120. The van der Waals surface area contributed by atoms with E-state index in [1.165, 1.54) is 25.9 Å². The number of nitrogens with two attached hydrogens (primary N) is 1. The largest absolute Gasteiger partial charge is 0.329 e. The van der Waals surface area contributed by atoms with Crippen molar-refractivity contribution in [3.8, 4) is 0 Å². The van der Waals surface area contributed by atoms with Gasteiger partial charge in [-0.05, 0) is 40.3 Å². The number of rotatable bonds is 4. The van der Waals surface area contributed by atoms with Gasteiger partial charge in [-0.15, -0.1) is 0 Å². The molecule has 84 valence electrons. The first-order valence-electron chi connectivity index (χ1n) is 5.79. The number of likely N-dealkylation sites (tertiary alicyclic amines) is 1. The summed E-state index contributed by atoms with van der Waals surface area (Å²) in [6.45, 7) is 8.81. The standard InChI is InChI=1S/C11H25N3/c1-10(2)14(8-6-12)11-5-4-7-13(3)9-11/h10-11H,4-9,12H2,1-3H3/t11-/m1/s1. The van der Waals surface area contributed by atoms with Gasteiger partial charge in [-0.2, -0.15) is 0 Å². The van der Waals surface area contributed by atoms with Crippen LogP contribution < -0.4 is 5.73 Å². The van der Waals surface area contributed by atoms with Crippen LogP contribution in [0.1, 0.15) is 26.7 Å². The predicted molar refractivity (Wildman–Crippen MR) is 61.4 cm³/mol. The third-order valence-electron chi connectivity index (χ3n) is 3.12. The van der Waals surface area contributed by atoms with Crippen molar-refractivity contribution in [2.75, 3.05) is 33.2 Å². The van der Waals surface area contributed by atoms with E-state index < -0.39 is 0 Å². The molecule has 0 amide bonds. The minimum atomic E-state index is 0.620. The van der Waals surface area contributed by atoms with Crippen molar-refractivity contribution in [2.24, 2.45) is 5.73 Å². The van der Waals surface area contributed by atoms with Crippen LogP contribution in [0.25, 0.3) is 0 Å². The van der Waals surface area contributed by atoms with Gasteiger partial charge in [0.2, 0.25) is 0 Å². The predicted octanol–water partition coefficient (Wildman–Crippen LogP) is 0.750. The molecule has 1 fully saturated rings. The molecule has 1 aliphatic rings. The number of hydrogen-bond donors (Lipinski definition) is 1. The Labute approximate surface area is 88.2 Å². The van der Waals surface area contributed by atoms with Crippen LogP contribution in [-0.4, -0.2) is 55.1 Å². The normalized spacial score (nSPS) is 24.9. The molecule has 0 aliphatic carbocycles. The van der Waals surface area contributed by atoms with Gasteiger partial charge in [-0.25, -0.2) is 0 Å². The molecule has 0 saturated carbocycles. The molecule has 3 heteroatoms. The van der Waals surface area contributed by atoms with Crippen molar-refractivity contribution < 1.29 is 0 Å². The van der Waals surface area contributed by atoms with Gasteiger partial charge in [-0.3, -0.25) is 4.90 Å². The Bertz CT molecular complexity index is 159. The lowest BCUT2D eigenvalue weighted by atomic mass is 10.0. The van der Waals surface area contributed by atoms with Gasteiger partial charge in [-0.1, -0.05) is 0 Å². The Morgan fingerprint density at radius 3 is 2.71 bits per heavy atom. The van der Waals surface area contributed by atoms with Crippen LogP contribution >= 0.6 is 0 Å². The Kier molecular flexibility index (Phi) is 4.85. The van der Waals surface area contributed by atoms with Crippen LogP contribution in [0.2, 0.25) is 0 Å². The van der Waals surface area contributed by atoms with Crippen LogP contribution in [0.3, 0.4) is 0 Å². The molecule has 0 bridgehead atoms. The third kappa shape index (κ3) is 3.23. The Balaban J connectivity index is 2.48.